The number of anilines is 2. The van der Waals surface area contributed by atoms with Crippen molar-refractivity contribution in [2.24, 2.45) is 0 Å². The van der Waals surface area contributed by atoms with Crippen LogP contribution in [0.2, 0.25) is 0 Å². The molecule has 0 unspecified atom stereocenters. The quantitative estimate of drug-likeness (QED) is 0.622. The van der Waals surface area contributed by atoms with Crippen LogP contribution in [0.4, 0.5) is 15.8 Å². The number of hydrogen-bond acceptors (Lipinski definition) is 6. The van der Waals surface area contributed by atoms with Gasteiger partial charge in [0, 0.05) is 35.5 Å². The van der Waals surface area contributed by atoms with Crippen LogP contribution in [0.25, 0.3) is 0 Å². The summed E-state index contributed by atoms with van der Waals surface area (Å²) in [7, 11) is 4.31. The Bertz CT molecular complexity index is 891. The minimum absolute atomic E-state index is 0.161. The second-order valence-corrected chi connectivity index (χ2v) is 5.92. The van der Waals surface area contributed by atoms with Gasteiger partial charge in [-0.2, -0.15) is 0 Å². The Morgan fingerprint density at radius 3 is 2.10 bits per heavy atom. The molecule has 0 atom stereocenters. The van der Waals surface area contributed by atoms with Crippen LogP contribution >= 0.6 is 0 Å². The van der Waals surface area contributed by atoms with Crippen molar-refractivity contribution >= 4 is 23.2 Å². The Hall–Kier alpha value is -3.33. The number of benzene rings is 2. The van der Waals surface area contributed by atoms with Crippen molar-refractivity contribution in [2.45, 2.75) is 20.0 Å². The van der Waals surface area contributed by atoms with Gasteiger partial charge in [-0.25, -0.2) is 4.39 Å². The molecule has 2 aromatic carbocycles. The smallest absolute Gasteiger partial charge is 0.258 e. The summed E-state index contributed by atoms with van der Waals surface area (Å²) in [6, 6.07) is 5.19. The topological polar surface area (TPSA) is 106 Å². The maximum atomic E-state index is 14.4. The molecule has 0 aliphatic rings. The number of carbonyl (C=O) groups excluding carboxylic acids is 2. The molecule has 0 fully saturated rings. The first-order chi connectivity index (χ1) is 13.9. The molecular formula is C20H23FN2O6. The minimum atomic E-state index is -0.839. The van der Waals surface area contributed by atoms with Crippen LogP contribution in [-0.4, -0.2) is 38.3 Å². The van der Waals surface area contributed by atoms with E-state index in [4.69, 9.17) is 14.2 Å². The van der Waals surface area contributed by atoms with Gasteiger partial charge in [0.15, 0.2) is 11.5 Å². The zero-order valence-corrected chi connectivity index (χ0v) is 16.6. The SMILES string of the molecule is CCC(=O)Nc1cc(C(=O)Nc2cc(OC)c(OC)c(OC)c2)c(F)cc1CO. The van der Waals surface area contributed by atoms with E-state index in [-0.39, 0.29) is 34.8 Å². The van der Waals surface area contributed by atoms with Gasteiger partial charge in [0.25, 0.3) is 5.91 Å². The zero-order chi connectivity index (χ0) is 21.6. The molecule has 0 bridgehead atoms. The monoisotopic (exact) mass is 406 g/mol. The van der Waals surface area contributed by atoms with E-state index in [1.54, 1.807) is 6.92 Å². The van der Waals surface area contributed by atoms with E-state index in [2.05, 4.69) is 10.6 Å². The van der Waals surface area contributed by atoms with Crippen molar-refractivity contribution in [3.8, 4) is 17.2 Å². The van der Waals surface area contributed by atoms with Gasteiger partial charge in [-0.3, -0.25) is 9.59 Å². The second-order valence-electron chi connectivity index (χ2n) is 5.92. The fourth-order valence-corrected chi connectivity index (χ4v) is 2.63. The molecule has 0 heterocycles. The number of amides is 2. The van der Waals surface area contributed by atoms with Gasteiger partial charge >= 0.3 is 0 Å². The van der Waals surface area contributed by atoms with Crippen LogP contribution < -0.4 is 24.8 Å². The number of rotatable bonds is 8. The van der Waals surface area contributed by atoms with Crippen LogP contribution in [0.15, 0.2) is 24.3 Å². The number of aliphatic hydroxyl groups excluding tert-OH is 1. The fraction of sp³-hybridized carbons (Fsp3) is 0.300. The molecule has 0 aromatic heterocycles. The van der Waals surface area contributed by atoms with Gasteiger partial charge < -0.3 is 30.0 Å². The third kappa shape index (κ3) is 4.94. The highest BCUT2D eigenvalue weighted by molar-refractivity contribution is 6.06. The lowest BCUT2D eigenvalue weighted by Crippen LogP contribution is -2.17. The van der Waals surface area contributed by atoms with Crippen LogP contribution in [0.3, 0.4) is 0 Å². The highest BCUT2D eigenvalue weighted by Crippen LogP contribution is 2.40. The molecule has 156 valence electrons. The average molecular weight is 406 g/mol. The van der Waals surface area contributed by atoms with Crippen molar-refractivity contribution in [1.29, 1.82) is 0 Å². The Labute approximate surface area is 167 Å². The summed E-state index contributed by atoms with van der Waals surface area (Å²) in [5.74, 6) is -0.955. The lowest BCUT2D eigenvalue weighted by Gasteiger charge is -2.15. The normalized spacial score (nSPS) is 10.3. The molecule has 2 aromatic rings. The molecule has 8 nitrogen and oxygen atoms in total. The number of carbonyl (C=O) groups is 2. The molecule has 29 heavy (non-hydrogen) atoms. The van der Waals surface area contributed by atoms with Crippen molar-refractivity contribution in [3.05, 3.63) is 41.2 Å². The molecule has 2 amide bonds. The maximum Gasteiger partial charge on any atom is 0.258 e. The summed E-state index contributed by atoms with van der Waals surface area (Å²) in [5.41, 5.74) is 0.307. The molecule has 2 rings (SSSR count). The molecule has 0 aliphatic carbocycles. The van der Waals surface area contributed by atoms with Crippen molar-refractivity contribution < 1.29 is 33.3 Å². The molecule has 0 saturated heterocycles. The van der Waals surface area contributed by atoms with E-state index in [0.717, 1.165) is 6.07 Å². The van der Waals surface area contributed by atoms with Crippen molar-refractivity contribution in [3.63, 3.8) is 0 Å². The summed E-state index contributed by atoms with van der Waals surface area (Å²) < 4.78 is 30.1. The third-order valence-electron chi connectivity index (χ3n) is 4.13. The standard InChI is InChI=1S/C20H23FN2O6/c1-5-18(25)23-15-9-13(14(21)6-11(15)10-24)20(26)22-12-7-16(27-2)19(29-4)17(8-12)28-3/h6-9,24H,5,10H2,1-4H3,(H,22,26)(H,23,25). The Balaban J connectivity index is 2.40. The maximum absolute atomic E-state index is 14.4. The van der Waals surface area contributed by atoms with Crippen LogP contribution in [-0.2, 0) is 11.4 Å². The van der Waals surface area contributed by atoms with Crippen molar-refractivity contribution in [1.82, 2.24) is 0 Å². The summed E-state index contributed by atoms with van der Waals surface area (Å²) in [6.45, 7) is 1.15. The van der Waals surface area contributed by atoms with Crippen LogP contribution in [0.1, 0.15) is 29.3 Å². The van der Waals surface area contributed by atoms with Gasteiger partial charge in [0.05, 0.1) is 33.5 Å². The van der Waals surface area contributed by atoms with Gasteiger partial charge in [0.2, 0.25) is 11.7 Å². The number of halogens is 1. The van der Waals surface area contributed by atoms with Crippen molar-refractivity contribution in [2.75, 3.05) is 32.0 Å². The van der Waals surface area contributed by atoms with Gasteiger partial charge in [-0.1, -0.05) is 6.92 Å². The largest absolute Gasteiger partial charge is 0.493 e. The predicted octanol–water partition coefficient (Wildman–Crippen LogP) is 2.94. The van der Waals surface area contributed by atoms with E-state index < -0.39 is 18.3 Å². The molecule has 3 N–H and O–H groups in total. The average Bonchev–Trinajstić information content (AvgIpc) is 2.73. The van der Waals surface area contributed by atoms with Gasteiger partial charge in [0.1, 0.15) is 5.82 Å². The molecular weight excluding hydrogens is 383 g/mol. The van der Waals surface area contributed by atoms with Crippen LogP contribution in [0.5, 0.6) is 17.2 Å². The number of nitrogens with one attached hydrogen (secondary N) is 2. The number of hydrogen-bond donors (Lipinski definition) is 3. The van der Waals surface area contributed by atoms with E-state index in [1.807, 2.05) is 0 Å². The number of aliphatic hydroxyl groups is 1. The molecule has 0 radical (unpaired) electrons. The van der Waals surface area contributed by atoms with E-state index in [1.165, 1.54) is 39.5 Å². The van der Waals surface area contributed by atoms with Crippen LogP contribution in [0, 0.1) is 5.82 Å². The molecule has 0 aliphatic heterocycles. The first-order valence-corrected chi connectivity index (χ1v) is 8.72. The third-order valence-corrected chi connectivity index (χ3v) is 4.13. The lowest BCUT2D eigenvalue weighted by molar-refractivity contribution is -0.115. The highest BCUT2D eigenvalue weighted by atomic mass is 19.1. The second kappa shape index (κ2) is 9.74. The van der Waals surface area contributed by atoms with E-state index in [9.17, 15) is 19.1 Å². The number of ether oxygens (including phenoxy) is 3. The fourth-order valence-electron chi connectivity index (χ4n) is 2.63. The molecule has 9 heteroatoms. The molecule has 0 spiro atoms. The van der Waals surface area contributed by atoms with E-state index in [0.29, 0.717) is 17.2 Å². The summed E-state index contributed by atoms with van der Waals surface area (Å²) in [4.78, 5) is 24.3. The Morgan fingerprint density at radius 2 is 1.62 bits per heavy atom. The van der Waals surface area contributed by atoms with Gasteiger partial charge in [-0.15, -0.1) is 0 Å². The summed E-state index contributed by atoms with van der Waals surface area (Å²) in [6.07, 6.45) is 0.190. The Kier molecular flexibility index (Phi) is 7.38. The Morgan fingerprint density at radius 1 is 1.00 bits per heavy atom. The minimum Gasteiger partial charge on any atom is -0.493 e. The zero-order valence-electron chi connectivity index (χ0n) is 16.6. The first-order valence-electron chi connectivity index (χ1n) is 8.72. The first kappa shape index (κ1) is 22.0. The predicted molar refractivity (Wildman–Crippen MR) is 105 cm³/mol. The highest BCUT2D eigenvalue weighted by Gasteiger charge is 2.19. The van der Waals surface area contributed by atoms with Gasteiger partial charge in [-0.05, 0) is 12.1 Å². The molecule has 0 saturated carbocycles. The van der Waals surface area contributed by atoms with E-state index >= 15 is 0 Å². The number of methoxy groups -OCH3 is 3. The lowest BCUT2D eigenvalue weighted by atomic mass is 10.1. The summed E-state index contributed by atoms with van der Waals surface area (Å²) >= 11 is 0. The summed E-state index contributed by atoms with van der Waals surface area (Å²) in [5, 5.41) is 14.5.